The Kier molecular flexibility index (Phi) is 9.77. The molecule has 0 radical (unpaired) electrons. The number of halogens is 1. The van der Waals surface area contributed by atoms with E-state index in [1.54, 1.807) is 30.2 Å². The highest BCUT2D eigenvalue weighted by atomic mass is 19.1. The SMILES string of the molecule is COCCCCc1c(C(=O)N(CC(C)C)[C@H]2C[C@@H](CO)CN(C(=O)O)C2)nnn1-c1ccccc1F. The number of carbonyl (C=O) groups is 2. The number of aliphatic hydroxyl groups excluding tert-OH is 1. The molecule has 1 aromatic carbocycles. The van der Waals surface area contributed by atoms with E-state index < -0.39 is 18.0 Å². The molecule has 0 saturated carbocycles. The molecule has 1 fully saturated rings. The molecule has 2 amide bonds. The van der Waals surface area contributed by atoms with Crippen LogP contribution in [0.1, 0.15) is 49.3 Å². The topological polar surface area (TPSA) is 121 Å². The van der Waals surface area contributed by atoms with Crippen LogP contribution < -0.4 is 0 Å². The second-order valence-electron chi connectivity index (χ2n) is 9.67. The molecule has 3 rings (SSSR count). The Labute approximate surface area is 210 Å². The van der Waals surface area contributed by atoms with Crippen LogP contribution in [0.5, 0.6) is 0 Å². The molecule has 2 atom stereocenters. The summed E-state index contributed by atoms with van der Waals surface area (Å²) in [6, 6.07) is 5.76. The number of carbonyl (C=O) groups excluding carboxylic acids is 1. The average molecular weight is 506 g/mol. The van der Waals surface area contributed by atoms with Gasteiger partial charge in [-0.15, -0.1) is 5.10 Å². The third kappa shape index (κ3) is 6.58. The normalized spacial score (nSPS) is 18.0. The Bertz CT molecular complexity index is 1030. The first kappa shape index (κ1) is 27.5. The lowest BCUT2D eigenvalue weighted by Gasteiger charge is -2.41. The number of hydrogen-bond acceptors (Lipinski definition) is 6. The lowest BCUT2D eigenvalue weighted by molar-refractivity contribution is 0.0317. The van der Waals surface area contributed by atoms with E-state index >= 15 is 0 Å². The molecule has 10 nitrogen and oxygen atoms in total. The standard InChI is InChI=1S/C25H36FN5O5/c1-17(2)13-30(19-12-18(16-32)14-29(15-19)25(34)35)24(33)23-22(10-6-7-11-36-3)31(28-27-23)21-9-5-4-8-20(21)26/h4-5,8-9,17-19,32H,6-7,10-16H2,1-3H3,(H,34,35)/t18-,19+/m1/s1. The van der Waals surface area contributed by atoms with E-state index in [1.165, 1.54) is 15.6 Å². The summed E-state index contributed by atoms with van der Waals surface area (Å²) in [5, 5.41) is 27.7. The second-order valence-corrected chi connectivity index (χ2v) is 9.67. The van der Waals surface area contributed by atoms with Crippen molar-refractivity contribution in [1.29, 1.82) is 0 Å². The van der Waals surface area contributed by atoms with Crippen LogP contribution in [0.2, 0.25) is 0 Å². The smallest absolute Gasteiger partial charge is 0.407 e. The number of methoxy groups -OCH3 is 1. The number of para-hydroxylation sites is 1. The molecule has 0 spiro atoms. The van der Waals surface area contributed by atoms with Gasteiger partial charge in [0.25, 0.3) is 5.91 Å². The zero-order valence-electron chi connectivity index (χ0n) is 21.1. The number of piperidine rings is 1. The van der Waals surface area contributed by atoms with Crippen LogP contribution in [-0.2, 0) is 11.2 Å². The number of unbranched alkanes of at least 4 members (excludes halogenated alkanes) is 1. The molecule has 2 aromatic rings. The summed E-state index contributed by atoms with van der Waals surface area (Å²) < 4.78 is 21.2. The fraction of sp³-hybridized carbons (Fsp3) is 0.600. The van der Waals surface area contributed by atoms with E-state index in [4.69, 9.17) is 4.74 Å². The molecular weight excluding hydrogens is 469 g/mol. The summed E-state index contributed by atoms with van der Waals surface area (Å²) in [6.07, 6.45) is 1.26. The third-order valence-corrected chi connectivity index (χ3v) is 6.37. The van der Waals surface area contributed by atoms with Crippen LogP contribution in [0.15, 0.2) is 24.3 Å². The molecular formula is C25H36FN5O5. The van der Waals surface area contributed by atoms with Gasteiger partial charge >= 0.3 is 6.09 Å². The first-order chi connectivity index (χ1) is 17.3. The molecule has 1 aromatic heterocycles. The third-order valence-electron chi connectivity index (χ3n) is 6.37. The maximum Gasteiger partial charge on any atom is 0.407 e. The highest BCUT2D eigenvalue weighted by Gasteiger charge is 2.37. The lowest BCUT2D eigenvalue weighted by atomic mass is 9.93. The lowest BCUT2D eigenvalue weighted by Crippen LogP contribution is -2.55. The fourth-order valence-electron chi connectivity index (χ4n) is 4.66. The minimum absolute atomic E-state index is 0.105. The molecule has 0 aliphatic carbocycles. The van der Waals surface area contributed by atoms with E-state index in [2.05, 4.69) is 10.3 Å². The Hall–Kier alpha value is -3.05. The van der Waals surface area contributed by atoms with Gasteiger partial charge in [0.2, 0.25) is 0 Å². The van der Waals surface area contributed by atoms with E-state index in [-0.39, 0.29) is 48.8 Å². The molecule has 0 bridgehead atoms. The van der Waals surface area contributed by atoms with Crippen molar-refractivity contribution in [3.05, 3.63) is 41.5 Å². The Morgan fingerprint density at radius 3 is 2.64 bits per heavy atom. The maximum absolute atomic E-state index is 14.6. The van der Waals surface area contributed by atoms with Gasteiger partial charge in [-0.1, -0.05) is 31.2 Å². The van der Waals surface area contributed by atoms with E-state index in [1.807, 2.05) is 13.8 Å². The van der Waals surface area contributed by atoms with Gasteiger partial charge in [-0.2, -0.15) is 0 Å². The van der Waals surface area contributed by atoms with Gasteiger partial charge in [0.15, 0.2) is 5.69 Å². The van der Waals surface area contributed by atoms with Gasteiger partial charge in [-0.25, -0.2) is 13.9 Å². The predicted molar refractivity (Wildman–Crippen MR) is 131 cm³/mol. The maximum atomic E-state index is 14.6. The zero-order valence-corrected chi connectivity index (χ0v) is 21.1. The second kappa shape index (κ2) is 12.8. The zero-order chi connectivity index (χ0) is 26.2. The minimum atomic E-state index is -1.08. The Balaban J connectivity index is 1.99. The van der Waals surface area contributed by atoms with E-state index in [0.29, 0.717) is 38.1 Å². The van der Waals surface area contributed by atoms with Crippen LogP contribution in [0.3, 0.4) is 0 Å². The predicted octanol–water partition coefficient (Wildman–Crippen LogP) is 2.83. The number of amides is 2. The molecule has 1 saturated heterocycles. The minimum Gasteiger partial charge on any atom is -0.465 e. The summed E-state index contributed by atoms with van der Waals surface area (Å²) in [5.74, 6) is -1.02. The Morgan fingerprint density at radius 2 is 2.00 bits per heavy atom. The summed E-state index contributed by atoms with van der Waals surface area (Å²) in [6.45, 7) is 5.09. The van der Waals surface area contributed by atoms with Crippen LogP contribution >= 0.6 is 0 Å². The first-order valence-corrected chi connectivity index (χ1v) is 12.3. The summed E-state index contributed by atoms with van der Waals surface area (Å²) in [5.41, 5.74) is 0.833. The highest BCUT2D eigenvalue weighted by molar-refractivity contribution is 5.93. The highest BCUT2D eigenvalue weighted by Crippen LogP contribution is 2.26. The van der Waals surface area contributed by atoms with Crippen molar-refractivity contribution in [2.45, 2.75) is 45.6 Å². The Morgan fingerprint density at radius 1 is 1.25 bits per heavy atom. The molecule has 2 heterocycles. The molecule has 1 aliphatic heterocycles. The summed E-state index contributed by atoms with van der Waals surface area (Å²) in [4.78, 5) is 28.6. The molecule has 0 unspecified atom stereocenters. The van der Waals surface area contributed by atoms with Crippen LogP contribution in [0.25, 0.3) is 5.69 Å². The quantitative estimate of drug-likeness (QED) is 0.451. The van der Waals surface area contributed by atoms with Gasteiger partial charge in [0, 0.05) is 45.9 Å². The fourth-order valence-corrected chi connectivity index (χ4v) is 4.66. The molecule has 36 heavy (non-hydrogen) atoms. The molecule has 11 heteroatoms. The number of aromatic nitrogens is 3. The van der Waals surface area contributed by atoms with Crippen LogP contribution in [-0.4, -0.2) is 93.0 Å². The van der Waals surface area contributed by atoms with Crippen LogP contribution in [0, 0.1) is 17.7 Å². The monoisotopic (exact) mass is 505 g/mol. The number of aliphatic hydroxyl groups is 1. The number of hydrogen-bond donors (Lipinski definition) is 2. The van der Waals surface area contributed by atoms with E-state index in [9.17, 15) is 24.2 Å². The number of likely N-dealkylation sites (tertiary alicyclic amines) is 1. The largest absolute Gasteiger partial charge is 0.465 e. The van der Waals surface area contributed by atoms with Crippen molar-refractivity contribution in [3.8, 4) is 5.69 Å². The van der Waals surface area contributed by atoms with Crippen molar-refractivity contribution in [3.63, 3.8) is 0 Å². The summed E-state index contributed by atoms with van der Waals surface area (Å²) in [7, 11) is 1.62. The van der Waals surface area contributed by atoms with Gasteiger partial charge < -0.3 is 24.7 Å². The molecule has 198 valence electrons. The van der Waals surface area contributed by atoms with Gasteiger partial charge in [-0.05, 0) is 43.7 Å². The molecule has 2 N–H and O–H groups in total. The van der Waals surface area contributed by atoms with Crippen molar-refractivity contribution >= 4 is 12.0 Å². The number of ether oxygens (including phenoxy) is 1. The average Bonchev–Trinajstić information content (AvgIpc) is 3.28. The van der Waals surface area contributed by atoms with Gasteiger partial charge in [-0.3, -0.25) is 4.79 Å². The number of nitrogens with zero attached hydrogens (tertiary/aromatic N) is 5. The van der Waals surface area contributed by atoms with Crippen molar-refractivity contribution in [2.24, 2.45) is 11.8 Å². The van der Waals surface area contributed by atoms with Crippen LogP contribution in [0.4, 0.5) is 9.18 Å². The van der Waals surface area contributed by atoms with E-state index in [0.717, 1.165) is 6.42 Å². The molecule has 1 aliphatic rings. The van der Waals surface area contributed by atoms with Crippen molar-refractivity contribution in [1.82, 2.24) is 24.8 Å². The van der Waals surface area contributed by atoms with Crippen molar-refractivity contribution < 1.29 is 28.9 Å². The van der Waals surface area contributed by atoms with Gasteiger partial charge in [0.05, 0.1) is 11.7 Å². The number of rotatable bonds is 11. The van der Waals surface area contributed by atoms with Gasteiger partial charge in [0.1, 0.15) is 11.5 Å². The number of carboxylic acid groups (broad SMARTS) is 1. The number of benzene rings is 1. The summed E-state index contributed by atoms with van der Waals surface area (Å²) >= 11 is 0. The van der Waals surface area contributed by atoms with Crippen molar-refractivity contribution in [2.75, 3.05) is 40.0 Å². The first-order valence-electron chi connectivity index (χ1n) is 12.3.